The Labute approximate surface area is 160 Å². The first kappa shape index (κ1) is 20.3. The summed E-state index contributed by atoms with van der Waals surface area (Å²) in [7, 11) is -4.25. The topological polar surface area (TPSA) is 170 Å². The normalized spacial score (nSPS) is 10.8. The van der Waals surface area contributed by atoms with E-state index < -0.39 is 27.8 Å². The second-order valence-electron chi connectivity index (χ2n) is 4.41. The minimum atomic E-state index is -4.25. The van der Waals surface area contributed by atoms with Crippen LogP contribution in [0.3, 0.4) is 0 Å². The van der Waals surface area contributed by atoms with Gasteiger partial charge in [-0.25, -0.2) is 18.9 Å². The van der Waals surface area contributed by atoms with Crippen molar-refractivity contribution >= 4 is 27.9 Å². The fourth-order valence-electron chi connectivity index (χ4n) is 1.89. The molecule has 12 heteroatoms. The van der Waals surface area contributed by atoms with Crippen molar-refractivity contribution in [1.82, 2.24) is 8.96 Å². The van der Waals surface area contributed by atoms with Crippen molar-refractivity contribution in [2.45, 2.75) is 0 Å². The summed E-state index contributed by atoms with van der Waals surface area (Å²) in [5.74, 6) is -1.66. The third-order valence-corrected chi connectivity index (χ3v) is 3.71. The number of hydrogen-bond acceptors (Lipinski definition) is 6. The van der Waals surface area contributed by atoms with Gasteiger partial charge in [-0.15, -0.1) is 0 Å². The molecular weight excluding hydrogens is 349 g/mol. The van der Waals surface area contributed by atoms with E-state index in [1.807, 2.05) is 0 Å². The SMILES string of the molecule is NCC(=O)Nc1ccc(-c2ccn(S(N)(=O)=O)c2C(=O)O)cn1.[H-].[Na+]. The van der Waals surface area contributed by atoms with Crippen LogP contribution in [-0.4, -0.2) is 40.9 Å². The number of carbonyl (C=O) groups excluding carboxylic acids is 1. The van der Waals surface area contributed by atoms with E-state index in [1.165, 1.54) is 24.4 Å². The van der Waals surface area contributed by atoms with E-state index in [0.717, 1.165) is 6.20 Å². The molecule has 2 rings (SSSR count). The fraction of sp³-hybridized carbons (Fsp3) is 0.0833. The molecule has 0 saturated heterocycles. The number of nitrogens with zero attached hydrogens (tertiary/aromatic N) is 2. The van der Waals surface area contributed by atoms with Crippen LogP contribution in [0.1, 0.15) is 11.9 Å². The third kappa shape index (κ3) is 4.41. The Balaban J connectivity index is 0.00000288. The van der Waals surface area contributed by atoms with Gasteiger partial charge in [0, 0.05) is 23.5 Å². The van der Waals surface area contributed by atoms with Gasteiger partial charge in [0.05, 0.1) is 6.54 Å². The van der Waals surface area contributed by atoms with E-state index in [0.29, 0.717) is 9.54 Å². The molecule has 2 heterocycles. The summed E-state index contributed by atoms with van der Waals surface area (Å²) in [6, 6.07) is 4.21. The maximum absolute atomic E-state index is 11.4. The second-order valence-corrected chi connectivity index (χ2v) is 5.83. The van der Waals surface area contributed by atoms with E-state index in [2.05, 4.69) is 10.3 Å². The molecule has 2 aromatic rings. The molecule has 0 saturated carbocycles. The number of anilines is 1. The molecule has 24 heavy (non-hydrogen) atoms. The van der Waals surface area contributed by atoms with E-state index >= 15 is 0 Å². The molecule has 0 aromatic carbocycles. The molecule has 10 nitrogen and oxygen atoms in total. The van der Waals surface area contributed by atoms with Gasteiger partial charge >= 0.3 is 45.7 Å². The first-order chi connectivity index (χ1) is 10.7. The number of aromatic nitrogens is 2. The standard InChI is InChI=1S/C12H13N5O5S.Na.H/c13-5-10(18)16-9-2-1-7(6-15-9)8-3-4-17(23(14,21)22)11(8)12(19)20;;/h1-4,6H,5,13H2,(H,19,20)(H2,14,21,22)(H,15,16,18);;/q;+1;-1. The maximum Gasteiger partial charge on any atom is 1.00 e. The number of pyridine rings is 1. The van der Waals surface area contributed by atoms with Gasteiger partial charge in [0.15, 0.2) is 5.69 Å². The quantitative estimate of drug-likeness (QED) is 0.396. The van der Waals surface area contributed by atoms with Crippen LogP contribution in [0.15, 0.2) is 30.6 Å². The van der Waals surface area contributed by atoms with E-state index in [9.17, 15) is 23.1 Å². The molecule has 2 aromatic heterocycles. The number of carboxylic acids is 1. The second kappa shape index (κ2) is 7.88. The number of hydrogen-bond donors (Lipinski definition) is 4. The molecule has 0 aliphatic rings. The molecule has 124 valence electrons. The molecule has 0 unspecified atom stereocenters. The average molecular weight is 363 g/mol. The zero-order valence-corrected chi connectivity index (χ0v) is 15.4. The average Bonchev–Trinajstić information content (AvgIpc) is 2.93. The van der Waals surface area contributed by atoms with Gasteiger partial charge in [-0.1, -0.05) is 0 Å². The summed E-state index contributed by atoms with van der Waals surface area (Å²) in [5.41, 5.74) is 5.12. The van der Waals surface area contributed by atoms with Crippen LogP contribution in [0.4, 0.5) is 5.82 Å². The first-order valence-corrected chi connectivity index (χ1v) is 7.68. The Bertz CT molecular complexity index is 869. The fourth-order valence-corrected chi connectivity index (χ4v) is 2.55. The molecule has 0 fully saturated rings. The summed E-state index contributed by atoms with van der Waals surface area (Å²) >= 11 is 0. The number of amides is 1. The van der Waals surface area contributed by atoms with E-state index in [1.54, 1.807) is 0 Å². The Morgan fingerprint density at radius 1 is 1.33 bits per heavy atom. The number of carbonyl (C=O) groups is 2. The van der Waals surface area contributed by atoms with Gasteiger partial charge in [-0.3, -0.25) is 4.79 Å². The van der Waals surface area contributed by atoms with Crippen LogP contribution in [0.2, 0.25) is 0 Å². The van der Waals surface area contributed by atoms with E-state index in [4.69, 9.17) is 10.9 Å². The summed E-state index contributed by atoms with van der Waals surface area (Å²) in [4.78, 5) is 26.4. The van der Waals surface area contributed by atoms with Crippen molar-refractivity contribution in [3.8, 4) is 11.1 Å². The van der Waals surface area contributed by atoms with Gasteiger partial charge in [0.1, 0.15) is 5.82 Å². The Morgan fingerprint density at radius 2 is 2.00 bits per heavy atom. The molecule has 6 N–H and O–H groups in total. The summed E-state index contributed by atoms with van der Waals surface area (Å²) in [6.07, 6.45) is 2.33. The van der Waals surface area contributed by atoms with Crippen molar-refractivity contribution in [3.63, 3.8) is 0 Å². The smallest absolute Gasteiger partial charge is 1.00 e. The zero-order chi connectivity index (χ0) is 17.2. The Hall–Kier alpha value is -1.76. The van der Waals surface area contributed by atoms with Gasteiger partial charge in [0.2, 0.25) is 5.91 Å². The maximum atomic E-state index is 11.4. The molecule has 0 spiro atoms. The molecule has 0 atom stereocenters. The van der Waals surface area contributed by atoms with Crippen molar-refractivity contribution < 1.29 is 54.1 Å². The molecular formula is C12H14N5NaO5S. The van der Waals surface area contributed by atoms with Gasteiger partial charge < -0.3 is 17.6 Å². The van der Waals surface area contributed by atoms with Gasteiger partial charge in [-0.05, 0) is 18.2 Å². The van der Waals surface area contributed by atoms with Crippen LogP contribution in [0.25, 0.3) is 11.1 Å². The van der Waals surface area contributed by atoms with Crippen LogP contribution in [-0.2, 0) is 15.0 Å². The van der Waals surface area contributed by atoms with Crippen LogP contribution >= 0.6 is 0 Å². The molecule has 0 aliphatic carbocycles. The van der Waals surface area contributed by atoms with Gasteiger partial charge in [-0.2, -0.15) is 8.42 Å². The Kier molecular flexibility index (Phi) is 6.66. The number of nitrogens with two attached hydrogens (primary N) is 2. The number of nitrogens with one attached hydrogen (secondary N) is 1. The van der Waals surface area contributed by atoms with Crippen LogP contribution < -0.4 is 45.7 Å². The van der Waals surface area contributed by atoms with Gasteiger partial charge in [0.25, 0.3) is 0 Å². The number of aromatic carboxylic acids is 1. The Morgan fingerprint density at radius 3 is 2.46 bits per heavy atom. The predicted octanol–water partition coefficient (Wildman–Crippen LogP) is -3.69. The minimum Gasteiger partial charge on any atom is -1.00 e. The third-order valence-electron chi connectivity index (χ3n) is 2.86. The summed E-state index contributed by atoms with van der Waals surface area (Å²) < 4.78 is 23.3. The largest absolute Gasteiger partial charge is 1.00 e. The van der Waals surface area contributed by atoms with Crippen molar-refractivity contribution in [1.29, 1.82) is 0 Å². The monoisotopic (exact) mass is 363 g/mol. The van der Waals surface area contributed by atoms with Crippen molar-refractivity contribution in [2.24, 2.45) is 10.9 Å². The molecule has 1 amide bonds. The summed E-state index contributed by atoms with van der Waals surface area (Å²) in [6.45, 7) is -0.205. The first-order valence-electron chi connectivity index (χ1n) is 6.18. The van der Waals surface area contributed by atoms with Crippen molar-refractivity contribution in [3.05, 3.63) is 36.3 Å². The van der Waals surface area contributed by atoms with Crippen molar-refractivity contribution in [2.75, 3.05) is 11.9 Å². The zero-order valence-electron chi connectivity index (χ0n) is 13.6. The number of carboxylic acid groups (broad SMARTS) is 1. The predicted molar refractivity (Wildman–Crippen MR) is 81.9 cm³/mol. The number of rotatable bonds is 5. The molecule has 0 bridgehead atoms. The molecule has 0 aliphatic heterocycles. The summed E-state index contributed by atoms with van der Waals surface area (Å²) in [5, 5.41) is 16.6. The minimum absolute atomic E-state index is 0. The van der Waals surface area contributed by atoms with Crippen LogP contribution in [0, 0.1) is 0 Å². The van der Waals surface area contributed by atoms with Crippen LogP contribution in [0.5, 0.6) is 0 Å². The van der Waals surface area contributed by atoms with E-state index in [-0.39, 0.29) is 48.9 Å². The molecule has 0 radical (unpaired) electrons.